The minimum Gasteiger partial charge on any atom is -0.493 e. The molecule has 1 fully saturated rings. The first kappa shape index (κ1) is 32.5. The van der Waals surface area contributed by atoms with Gasteiger partial charge in [-0.15, -0.1) is 11.3 Å². The van der Waals surface area contributed by atoms with Crippen molar-refractivity contribution in [3.8, 4) is 39.1 Å². The number of nitrogens with one attached hydrogen (secondary N) is 1. The molecule has 2 heterocycles. The van der Waals surface area contributed by atoms with Gasteiger partial charge < -0.3 is 24.4 Å². The van der Waals surface area contributed by atoms with Crippen LogP contribution in [-0.4, -0.2) is 48.7 Å². The molecule has 0 unspecified atom stereocenters. The lowest BCUT2D eigenvalue weighted by molar-refractivity contribution is 0.0474. The smallest absolute Gasteiger partial charge is 0.407 e. The number of carbonyl (C=O) groups is 2. The van der Waals surface area contributed by atoms with Crippen molar-refractivity contribution in [3.05, 3.63) is 94.6 Å². The molecule has 3 aromatic carbocycles. The Labute approximate surface area is 272 Å². The summed E-state index contributed by atoms with van der Waals surface area (Å²) in [5.41, 5.74) is 2.33. The molecule has 5 rings (SSSR count). The van der Waals surface area contributed by atoms with Crippen LogP contribution in [0, 0.1) is 17.1 Å². The zero-order valence-corrected chi connectivity index (χ0v) is 27.1. The molecule has 238 valence electrons. The number of benzene rings is 3. The zero-order valence-electron chi connectivity index (χ0n) is 26.3. The van der Waals surface area contributed by atoms with Crippen LogP contribution in [-0.2, 0) is 11.3 Å². The van der Waals surface area contributed by atoms with Gasteiger partial charge in [-0.3, -0.25) is 4.79 Å². The van der Waals surface area contributed by atoms with E-state index in [0.717, 1.165) is 16.0 Å². The van der Waals surface area contributed by atoms with E-state index in [9.17, 15) is 19.2 Å². The summed E-state index contributed by atoms with van der Waals surface area (Å²) < 4.78 is 31.9. The quantitative estimate of drug-likeness (QED) is 0.211. The third-order valence-electron chi connectivity index (χ3n) is 7.51. The topological polar surface area (TPSA) is 101 Å². The van der Waals surface area contributed by atoms with Crippen molar-refractivity contribution in [2.45, 2.75) is 51.9 Å². The van der Waals surface area contributed by atoms with Crippen molar-refractivity contribution in [1.82, 2.24) is 10.2 Å². The van der Waals surface area contributed by atoms with E-state index < -0.39 is 17.5 Å². The van der Waals surface area contributed by atoms with Crippen LogP contribution in [0.1, 0.15) is 54.4 Å². The highest BCUT2D eigenvalue weighted by molar-refractivity contribution is 7.18. The molecule has 0 atom stereocenters. The Balaban J connectivity index is 1.42. The van der Waals surface area contributed by atoms with Crippen molar-refractivity contribution >= 4 is 23.3 Å². The van der Waals surface area contributed by atoms with Crippen molar-refractivity contribution in [1.29, 1.82) is 5.26 Å². The van der Waals surface area contributed by atoms with Gasteiger partial charge in [0.25, 0.3) is 5.91 Å². The molecule has 8 nitrogen and oxygen atoms in total. The number of hydrogen-bond donors (Lipinski definition) is 1. The lowest BCUT2D eigenvalue weighted by Crippen LogP contribution is -2.47. The van der Waals surface area contributed by atoms with Crippen LogP contribution in [0.2, 0.25) is 0 Å². The summed E-state index contributed by atoms with van der Waals surface area (Å²) in [4.78, 5) is 29.1. The molecule has 0 saturated carbocycles. The van der Waals surface area contributed by atoms with Crippen LogP contribution in [0.15, 0.2) is 72.8 Å². The maximum atomic E-state index is 14.8. The Morgan fingerprint density at radius 3 is 2.37 bits per heavy atom. The standard InChI is InChI=1S/C36H36FN3O5S/c1-36(2,3)45-35(42)39-27-14-16-40(17-15-27)34(41)32-20-28(24-10-11-26(21-38)29(37)18-24)33(46-32)25-12-13-30(43-4)31(19-25)44-22-23-8-6-5-7-9-23/h5-13,18-20,27H,14-17,22H2,1-4H3,(H,39,42). The number of halogens is 1. The van der Waals surface area contributed by atoms with E-state index in [1.165, 1.54) is 23.5 Å². The Morgan fingerprint density at radius 2 is 1.72 bits per heavy atom. The molecular weight excluding hydrogens is 605 g/mol. The first-order chi connectivity index (χ1) is 22.0. The molecule has 1 aliphatic rings. The number of carbonyl (C=O) groups excluding carboxylic acids is 2. The molecular formula is C36H36FN3O5S. The van der Waals surface area contributed by atoms with E-state index in [-0.39, 0.29) is 17.5 Å². The summed E-state index contributed by atoms with van der Waals surface area (Å²) in [6, 6.07) is 23.3. The van der Waals surface area contributed by atoms with Crippen molar-refractivity contribution in [2.24, 2.45) is 0 Å². The highest BCUT2D eigenvalue weighted by Crippen LogP contribution is 2.43. The largest absolute Gasteiger partial charge is 0.493 e. The number of hydrogen-bond acceptors (Lipinski definition) is 7. The van der Waals surface area contributed by atoms with Gasteiger partial charge in [-0.25, -0.2) is 9.18 Å². The number of ether oxygens (including phenoxy) is 3. The first-order valence-corrected chi connectivity index (χ1v) is 15.8. The SMILES string of the molecule is COc1ccc(-c2sc(C(=O)N3CCC(NC(=O)OC(C)(C)C)CC3)cc2-c2ccc(C#N)c(F)c2)cc1OCc1ccccc1. The fourth-order valence-corrected chi connectivity index (χ4v) is 6.37. The van der Waals surface area contributed by atoms with E-state index in [1.54, 1.807) is 24.1 Å². The Morgan fingerprint density at radius 1 is 1.00 bits per heavy atom. The van der Waals surface area contributed by atoms with Crippen LogP contribution in [0.5, 0.6) is 11.5 Å². The number of nitriles is 1. The molecule has 4 aromatic rings. The van der Waals surface area contributed by atoms with E-state index >= 15 is 0 Å². The van der Waals surface area contributed by atoms with Gasteiger partial charge in [0.1, 0.15) is 24.1 Å². The highest BCUT2D eigenvalue weighted by atomic mass is 32.1. The second-order valence-corrected chi connectivity index (χ2v) is 13.1. The van der Waals surface area contributed by atoms with Crippen molar-refractivity contribution in [2.75, 3.05) is 20.2 Å². The minimum absolute atomic E-state index is 0.0549. The minimum atomic E-state index is -0.633. The molecule has 0 spiro atoms. The lowest BCUT2D eigenvalue weighted by atomic mass is 10.00. The molecule has 10 heteroatoms. The van der Waals surface area contributed by atoms with Gasteiger partial charge in [-0.05, 0) is 86.7 Å². The Hall–Kier alpha value is -4.88. The van der Waals surface area contributed by atoms with Crippen LogP contribution < -0.4 is 14.8 Å². The van der Waals surface area contributed by atoms with Crippen LogP contribution >= 0.6 is 11.3 Å². The summed E-state index contributed by atoms with van der Waals surface area (Å²) in [5.74, 6) is 0.311. The van der Waals surface area contributed by atoms with E-state index in [2.05, 4.69) is 5.32 Å². The number of thiophene rings is 1. The summed E-state index contributed by atoms with van der Waals surface area (Å²) in [5, 5.41) is 12.2. The second-order valence-electron chi connectivity index (χ2n) is 12.0. The summed E-state index contributed by atoms with van der Waals surface area (Å²) in [6.45, 7) is 6.71. The van der Waals surface area contributed by atoms with E-state index in [4.69, 9.17) is 14.2 Å². The van der Waals surface area contributed by atoms with Gasteiger partial charge in [0, 0.05) is 29.6 Å². The number of nitrogens with zero attached hydrogens (tertiary/aromatic N) is 2. The third-order valence-corrected chi connectivity index (χ3v) is 8.68. The Kier molecular flexibility index (Phi) is 9.93. The van der Waals surface area contributed by atoms with Gasteiger partial charge in [-0.1, -0.05) is 36.4 Å². The van der Waals surface area contributed by atoms with Crippen LogP contribution in [0.25, 0.3) is 21.6 Å². The summed E-state index contributed by atoms with van der Waals surface area (Å²) in [6.07, 6.45) is 0.723. The molecule has 0 aliphatic carbocycles. The van der Waals surface area contributed by atoms with Crippen molar-refractivity contribution in [3.63, 3.8) is 0 Å². The molecule has 1 aliphatic heterocycles. The first-order valence-electron chi connectivity index (χ1n) is 15.0. The molecule has 2 amide bonds. The van der Waals surface area contributed by atoms with Gasteiger partial charge >= 0.3 is 6.09 Å². The predicted octanol–water partition coefficient (Wildman–Crippen LogP) is 7.81. The molecule has 1 saturated heterocycles. The summed E-state index contributed by atoms with van der Waals surface area (Å²) in [7, 11) is 1.57. The average Bonchev–Trinajstić information content (AvgIpc) is 3.49. The van der Waals surface area contributed by atoms with Gasteiger partial charge in [0.15, 0.2) is 11.5 Å². The van der Waals surface area contributed by atoms with Gasteiger partial charge in [0.2, 0.25) is 0 Å². The zero-order chi connectivity index (χ0) is 32.8. The monoisotopic (exact) mass is 641 g/mol. The van der Waals surface area contributed by atoms with Gasteiger partial charge in [-0.2, -0.15) is 5.26 Å². The van der Waals surface area contributed by atoms with E-state index in [1.807, 2.05) is 75.4 Å². The maximum absolute atomic E-state index is 14.8. The molecule has 0 bridgehead atoms. The number of alkyl carbamates (subject to hydrolysis) is 1. The third kappa shape index (κ3) is 7.85. The average molecular weight is 642 g/mol. The fraction of sp³-hybridized carbons (Fsp3) is 0.306. The number of piperidine rings is 1. The second kappa shape index (κ2) is 14.0. The maximum Gasteiger partial charge on any atom is 0.407 e. The lowest BCUT2D eigenvalue weighted by Gasteiger charge is -2.32. The molecule has 0 radical (unpaired) electrons. The van der Waals surface area contributed by atoms with Crippen molar-refractivity contribution < 1.29 is 28.2 Å². The number of amides is 2. The fourth-order valence-electron chi connectivity index (χ4n) is 5.22. The number of rotatable bonds is 8. The van der Waals surface area contributed by atoms with Crippen LogP contribution in [0.3, 0.4) is 0 Å². The number of methoxy groups -OCH3 is 1. The van der Waals surface area contributed by atoms with Crippen LogP contribution in [0.4, 0.5) is 9.18 Å². The number of likely N-dealkylation sites (tertiary alicyclic amines) is 1. The highest BCUT2D eigenvalue weighted by Gasteiger charge is 2.28. The van der Waals surface area contributed by atoms with Gasteiger partial charge in [0.05, 0.1) is 17.6 Å². The molecule has 1 aromatic heterocycles. The normalized spacial score (nSPS) is 13.5. The van der Waals surface area contributed by atoms with E-state index in [0.29, 0.717) is 60.0 Å². The summed E-state index contributed by atoms with van der Waals surface area (Å²) >= 11 is 1.31. The Bertz CT molecular complexity index is 1750. The molecule has 1 N–H and O–H groups in total. The predicted molar refractivity (Wildman–Crippen MR) is 175 cm³/mol. The molecule has 46 heavy (non-hydrogen) atoms.